The smallest absolute Gasteiger partial charge is 0.343 e. The third kappa shape index (κ3) is 6.61. The summed E-state index contributed by atoms with van der Waals surface area (Å²) in [4.78, 5) is 26.4. The van der Waals surface area contributed by atoms with E-state index in [1.54, 1.807) is 0 Å². The molecule has 7 nitrogen and oxygen atoms in total. The normalized spacial score (nSPS) is 11.3. The zero-order valence-corrected chi connectivity index (χ0v) is 16.6. The van der Waals surface area contributed by atoms with Gasteiger partial charge in [0.05, 0.1) is 29.2 Å². The predicted octanol–water partition coefficient (Wildman–Crippen LogP) is 6.10. The Hall–Kier alpha value is -3.40. The molecular weight excluding hydrogens is 372 g/mol. The number of nitro groups is 1. The number of benzene rings is 2. The Balaban J connectivity index is 2.07. The van der Waals surface area contributed by atoms with Crippen LogP contribution in [-0.2, 0) is 0 Å². The average molecular weight is 396 g/mol. The lowest BCUT2D eigenvalue weighted by atomic mass is 10.1. The van der Waals surface area contributed by atoms with E-state index in [4.69, 9.17) is 16.0 Å². The van der Waals surface area contributed by atoms with Crippen LogP contribution in [0, 0.1) is 16.7 Å². The van der Waals surface area contributed by atoms with E-state index in [-0.39, 0.29) is 28.9 Å². The van der Waals surface area contributed by atoms with Crippen molar-refractivity contribution in [2.75, 3.05) is 0 Å². The second-order valence-corrected chi connectivity index (χ2v) is 6.71. The zero-order chi connectivity index (χ0) is 21.2. The van der Waals surface area contributed by atoms with E-state index in [1.165, 1.54) is 42.5 Å². The van der Waals surface area contributed by atoms with Gasteiger partial charge in [-0.15, -0.1) is 0 Å². The average Bonchev–Trinajstić information content (AvgIpc) is 2.72. The first-order valence-electron chi connectivity index (χ1n) is 9.59. The minimum Gasteiger partial charge on any atom is -0.484 e. The highest BCUT2D eigenvalue weighted by Gasteiger charge is 2.20. The van der Waals surface area contributed by atoms with Crippen LogP contribution in [0.25, 0.3) is 4.85 Å². The van der Waals surface area contributed by atoms with E-state index >= 15 is 0 Å². The Morgan fingerprint density at radius 2 is 1.90 bits per heavy atom. The molecule has 0 saturated carbocycles. The highest BCUT2D eigenvalue weighted by molar-refractivity contribution is 5.91. The topological polar surface area (TPSA) is 83.0 Å². The molecule has 0 unspecified atom stereocenters. The van der Waals surface area contributed by atoms with E-state index in [0.717, 1.165) is 32.1 Å². The maximum atomic E-state index is 12.2. The number of rotatable bonds is 10. The molecule has 0 aromatic heterocycles. The van der Waals surface area contributed by atoms with Crippen LogP contribution in [0.15, 0.2) is 42.5 Å². The van der Waals surface area contributed by atoms with Crippen molar-refractivity contribution in [1.82, 2.24) is 0 Å². The lowest BCUT2D eigenvalue weighted by molar-refractivity contribution is -0.386. The summed E-state index contributed by atoms with van der Waals surface area (Å²) in [5.41, 5.74) is 0.405. The van der Waals surface area contributed by atoms with E-state index < -0.39 is 10.9 Å². The lowest BCUT2D eigenvalue weighted by Crippen LogP contribution is -2.13. The van der Waals surface area contributed by atoms with Crippen molar-refractivity contribution in [3.8, 4) is 11.5 Å². The van der Waals surface area contributed by atoms with Gasteiger partial charge in [-0.1, -0.05) is 50.5 Å². The molecule has 2 aromatic carbocycles. The monoisotopic (exact) mass is 396 g/mol. The molecule has 0 saturated heterocycles. The maximum absolute atomic E-state index is 12.2. The van der Waals surface area contributed by atoms with E-state index in [2.05, 4.69) is 11.8 Å². The third-order valence-electron chi connectivity index (χ3n) is 4.36. The van der Waals surface area contributed by atoms with Gasteiger partial charge in [0, 0.05) is 0 Å². The highest BCUT2D eigenvalue weighted by Crippen LogP contribution is 2.32. The van der Waals surface area contributed by atoms with Crippen LogP contribution in [0.5, 0.6) is 11.5 Å². The van der Waals surface area contributed by atoms with Gasteiger partial charge < -0.3 is 9.47 Å². The number of hydrogen-bond donors (Lipinski definition) is 0. The summed E-state index contributed by atoms with van der Waals surface area (Å²) >= 11 is 0. The van der Waals surface area contributed by atoms with Gasteiger partial charge >= 0.3 is 11.7 Å². The zero-order valence-electron chi connectivity index (χ0n) is 16.6. The summed E-state index contributed by atoms with van der Waals surface area (Å²) < 4.78 is 11.0. The summed E-state index contributed by atoms with van der Waals surface area (Å²) in [6.07, 6.45) is 5.08. The van der Waals surface area contributed by atoms with E-state index in [0.29, 0.717) is 5.69 Å². The van der Waals surface area contributed by atoms with Gasteiger partial charge in [0.25, 0.3) is 0 Å². The molecule has 0 N–H and O–H groups in total. The Labute approximate surface area is 170 Å². The highest BCUT2D eigenvalue weighted by atomic mass is 16.6. The molecule has 0 radical (unpaired) electrons. The van der Waals surface area contributed by atoms with Gasteiger partial charge in [0.2, 0.25) is 0 Å². The summed E-state index contributed by atoms with van der Waals surface area (Å²) in [6, 6.07) is 10.1. The van der Waals surface area contributed by atoms with Crippen LogP contribution in [0.4, 0.5) is 11.4 Å². The molecule has 7 heteroatoms. The molecule has 1 atom stereocenters. The molecule has 0 heterocycles. The van der Waals surface area contributed by atoms with Gasteiger partial charge in [-0.3, -0.25) is 10.1 Å². The second kappa shape index (κ2) is 10.8. The van der Waals surface area contributed by atoms with Gasteiger partial charge in [0.1, 0.15) is 5.75 Å². The Morgan fingerprint density at radius 1 is 1.17 bits per heavy atom. The molecular formula is C22H24N2O5. The second-order valence-electron chi connectivity index (χ2n) is 6.71. The van der Waals surface area contributed by atoms with Crippen LogP contribution in [-0.4, -0.2) is 17.0 Å². The first-order valence-corrected chi connectivity index (χ1v) is 9.59. The number of esters is 1. The number of unbranched alkanes of at least 4 members (excludes halogenated alkanes) is 3. The Bertz CT molecular complexity index is 887. The van der Waals surface area contributed by atoms with Crippen molar-refractivity contribution in [3.63, 3.8) is 0 Å². The van der Waals surface area contributed by atoms with Crippen molar-refractivity contribution < 1.29 is 19.2 Å². The van der Waals surface area contributed by atoms with Crippen LogP contribution >= 0.6 is 0 Å². The fraction of sp³-hybridized carbons (Fsp3) is 0.364. The summed E-state index contributed by atoms with van der Waals surface area (Å²) in [5.74, 6) is -0.452. The van der Waals surface area contributed by atoms with E-state index in [1.807, 2.05) is 6.92 Å². The number of nitro benzene ring substituents is 1. The van der Waals surface area contributed by atoms with Crippen molar-refractivity contribution in [1.29, 1.82) is 0 Å². The van der Waals surface area contributed by atoms with Gasteiger partial charge in [-0.25, -0.2) is 9.64 Å². The molecule has 0 aliphatic rings. The van der Waals surface area contributed by atoms with Crippen molar-refractivity contribution in [3.05, 3.63) is 69.6 Å². The summed E-state index contributed by atoms with van der Waals surface area (Å²) in [5, 5.41) is 11.4. The number of carbonyl (C=O) groups is 1. The van der Waals surface area contributed by atoms with Gasteiger partial charge in [-0.05, 0) is 31.9 Å². The standard InChI is InChI=1S/C22H24N2O5/c1-4-5-6-7-8-16(2)28-21-14-13-19(15-20(21)24(26)27)29-22(25)17-9-11-18(23-3)12-10-17/h9-16H,4-8H2,1-2H3/t16-/m1/s1. The van der Waals surface area contributed by atoms with Gasteiger partial charge in [-0.2, -0.15) is 0 Å². The molecule has 0 spiro atoms. The molecule has 2 rings (SSSR count). The molecule has 2 aromatic rings. The molecule has 0 aliphatic heterocycles. The molecule has 0 bridgehead atoms. The van der Waals surface area contributed by atoms with Crippen LogP contribution < -0.4 is 9.47 Å². The minimum absolute atomic E-state index is 0.0545. The minimum atomic E-state index is -0.659. The van der Waals surface area contributed by atoms with Crippen LogP contribution in [0.3, 0.4) is 0 Å². The fourth-order valence-corrected chi connectivity index (χ4v) is 2.78. The first kappa shape index (κ1) is 21.9. The quantitative estimate of drug-likeness (QED) is 0.121. The SMILES string of the molecule is [C-]#[N+]c1ccc(C(=O)Oc2ccc(O[C@H](C)CCCCCC)c([N+](=O)[O-])c2)cc1. The third-order valence-corrected chi connectivity index (χ3v) is 4.36. The Kier molecular flexibility index (Phi) is 8.16. The van der Waals surface area contributed by atoms with E-state index in [9.17, 15) is 14.9 Å². The van der Waals surface area contributed by atoms with Crippen molar-refractivity contribution >= 4 is 17.3 Å². The number of carbonyl (C=O) groups excluding carboxylic acids is 1. The predicted molar refractivity (Wildman–Crippen MR) is 110 cm³/mol. The number of hydrogen-bond acceptors (Lipinski definition) is 5. The number of ether oxygens (including phenoxy) is 2. The largest absolute Gasteiger partial charge is 0.484 e. The molecule has 152 valence electrons. The maximum Gasteiger partial charge on any atom is 0.343 e. The summed E-state index contributed by atoms with van der Waals surface area (Å²) in [7, 11) is 0. The van der Waals surface area contributed by atoms with Crippen molar-refractivity contribution in [2.45, 2.75) is 52.1 Å². The Morgan fingerprint density at radius 3 is 2.52 bits per heavy atom. The molecule has 0 amide bonds. The summed E-state index contributed by atoms with van der Waals surface area (Å²) in [6.45, 7) is 10.9. The lowest BCUT2D eigenvalue weighted by Gasteiger charge is -2.15. The molecule has 0 fully saturated rings. The molecule has 0 aliphatic carbocycles. The van der Waals surface area contributed by atoms with Crippen molar-refractivity contribution in [2.24, 2.45) is 0 Å². The van der Waals surface area contributed by atoms with Crippen LogP contribution in [0.1, 0.15) is 56.3 Å². The first-order chi connectivity index (χ1) is 13.9. The number of nitrogens with zero attached hydrogens (tertiary/aromatic N) is 2. The molecule has 29 heavy (non-hydrogen) atoms. The van der Waals surface area contributed by atoms with Gasteiger partial charge in [0.15, 0.2) is 11.4 Å². The van der Waals surface area contributed by atoms with Crippen LogP contribution in [0.2, 0.25) is 0 Å². The fourth-order valence-electron chi connectivity index (χ4n) is 2.78.